The average Bonchev–Trinajstić information content (AvgIpc) is 3.59. The van der Waals surface area contributed by atoms with Gasteiger partial charge in [-0.25, -0.2) is 14.4 Å². The van der Waals surface area contributed by atoms with Gasteiger partial charge in [0.1, 0.15) is 17.3 Å². The highest BCUT2D eigenvalue weighted by Crippen LogP contribution is 2.38. The van der Waals surface area contributed by atoms with Gasteiger partial charge in [0.15, 0.2) is 5.16 Å². The lowest BCUT2D eigenvalue weighted by Crippen LogP contribution is -2.23. The molecule has 2 heterocycles. The summed E-state index contributed by atoms with van der Waals surface area (Å²) in [5, 5.41) is 1.35. The maximum Gasteiger partial charge on any atom is 0.172 e. The zero-order valence-corrected chi connectivity index (χ0v) is 24.3. The summed E-state index contributed by atoms with van der Waals surface area (Å²) >= 11 is 7.88. The van der Waals surface area contributed by atoms with E-state index in [2.05, 4.69) is 23.4 Å². The van der Waals surface area contributed by atoms with Gasteiger partial charge in [-0.2, -0.15) is 0 Å². The van der Waals surface area contributed by atoms with E-state index in [-0.39, 0.29) is 5.82 Å². The van der Waals surface area contributed by atoms with Crippen molar-refractivity contribution in [1.29, 1.82) is 0 Å². The molecule has 0 amide bonds. The van der Waals surface area contributed by atoms with Crippen LogP contribution in [-0.2, 0) is 5.41 Å². The van der Waals surface area contributed by atoms with Crippen LogP contribution in [0.25, 0.3) is 11.4 Å². The Kier molecular flexibility index (Phi) is 8.19. The summed E-state index contributed by atoms with van der Waals surface area (Å²) in [5.41, 5.74) is 4.34. The lowest BCUT2D eigenvalue weighted by Gasteiger charge is -2.28. The lowest BCUT2D eigenvalue weighted by atomic mass is 9.81. The van der Waals surface area contributed by atoms with Crippen LogP contribution in [0.1, 0.15) is 30.8 Å². The Labute approximate surface area is 242 Å². The maximum absolute atomic E-state index is 13.8. The molecule has 5 aromatic rings. The third-order valence-corrected chi connectivity index (χ3v) is 7.99. The molecule has 0 aliphatic carbocycles. The summed E-state index contributed by atoms with van der Waals surface area (Å²) in [7, 11) is 1.60. The van der Waals surface area contributed by atoms with Gasteiger partial charge in [-0.3, -0.25) is 4.57 Å². The molecule has 40 heavy (non-hydrogen) atoms. The Morgan fingerprint density at radius 3 is 2.38 bits per heavy atom. The molecule has 5 rings (SSSR count). The number of halogens is 2. The normalized spacial score (nSPS) is 11.6. The molecule has 2 aromatic heterocycles. The van der Waals surface area contributed by atoms with Crippen molar-refractivity contribution in [2.45, 2.75) is 31.3 Å². The number of methoxy groups -OCH3 is 1. The Morgan fingerprint density at radius 1 is 0.975 bits per heavy atom. The fourth-order valence-corrected chi connectivity index (χ4v) is 5.49. The van der Waals surface area contributed by atoms with E-state index in [0.717, 1.165) is 39.2 Å². The summed E-state index contributed by atoms with van der Waals surface area (Å²) in [5.74, 6) is 1.79. The van der Waals surface area contributed by atoms with Crippen molar-refractivity contribution < 1.29 is 13.9 Å². The molecule has 0 spiro atoms. The molecule has 0 aliphatic heterocycles. The summed E-state index contributed by atoms with van der Waals surface area (Å²) in [6.45, 7) is 6.71. The summed E-state index contributed by atoms with van der Waals surface area (Å²) in [4.78, 5) is 9.04. The molecule has 0 unspecified atom stereocenters. The van der Waals surface area contributed by atoms with E-state index in [9.17, 15) is 4.39 Å². The first-order valence-corrected chi connectivity index (χ1v) is 14.2. The van der Waals surface area contributed by atoms with Crippen molar-refractivity contribution >= 4 is 23.4 Å². The van der Waals surface area contributed by atoms with Gasteiger partial charge in [0, 0.05) is 28.7 Å². The Bertz CT molecular complexity index is 1600. The van der Waals surface area contributed by atoms with Gasteiger partial charge in [-0.05, 0) is 73.2 Å². The molecule has 3 aromatic carbocycles. The number of aromatic nitrogens is 4. The molecule has 0 atom stereocenters. The first kappa shape index (κ1) is 27.8. The van der Waals surface area contributed by atoms with Crippen LogP contribution in [0.3, 0.4) is 0 Å². The molecule has 6 nitrogen and oxygen atoms in total. The number of imidazole rings is 2. The van der Waals surface area contributed by atoms with Crippen molar-refractivity contribution in [3.63, 3.8) is 0 Å². The second kappa shape index (κ2) is 11.8. The first-order valence-electron chi connectivity index (χ1n) is 12.8. The van der Waals surface area contributed by atoms with E-state index in [4.69, 9.17) is 26.1 Å². The zero-order valence-electron chi connectivity index (χ0n) is 22.8. The largest absolute Gasteiger partial charge is 0.495 e. The molecule has 0 saturated heterocycles. The van der Waals surface area contributed by atoms with Gasteiger partial charge < -0.3 is 14.0 Å². The summed E-state index contributed by atoms with van der Waals surface area (Å²) < 4.78 is 29.3. The second-order valence-corrected chi connectivity index (χ2v) is 11.3. The van der Waals surface area contributed by atoms with Crippen LogP contribution in [0.2, 0.25) is 5.02 Å². The predicted molar refractivity (Wildman–Crippen MR) is 158 cm³/mol. The van der Waals surface area contributed by atoms with Crippen LogP contribution in [-0.4, -0.2) is 38.6 Å². The number of hydrogen-bond acceptors (Lipinski definition) is 5. The monoisotopic (exact) mass is 576 g/mol. The van der Waals surface area contributed by atoms with E-state index in [1.165, 1.54) is 12.1 Å². The summed E-state index contributed by atoms with van der Waals surface area (Å²) in [6.07, 6.45) is 5.66. The van der Waals surface area contributed by atoms with Crippen LogP contribution >= 0.6 is 23.4 Å². The maximum atomic E-state index is 13.8. The highest BCUT2D eigenvalue weighted by Gasteiger charge is 2.30. The van der Waals surface area contributed by atoms with Gasteiger partial charge in [0.2, 0.25) is 0 Å². The molecule has 0 N–H and O–H groups in total. The van der Waals surface area contributed by atoms with Crippen LogP contribution in [0, 0.1) is 12.7 Å². The highest BCUT2D eigenvalue weighted by atomic mass is 35.5. The molecule has 0 aliphatic rings. The van der Waals surface area contributed by atoms with Gasteiger partial charge in [0.25, 0.3) is 0 Å². The molecule has 206 valence electrons. The van der Waals surface area contributed by atoms with Crippen LogP contribution in [0.15, 0.2) is 90.6 Å². The minimum absolute atomic E-state index is 0.288. The molecule has 0 saturated carbocycles. The van der Waals surface area contributed by atoms with Crippen molar-refractivity contribution in [1.82, 2.24) is 19.1 Å². The van der Waals surface area contributed by atoms with E-state index in [1.54, 1.807) is 37.3 Å². The van der Waals surface area contributed by atoms with Crippen molar-refractivity contribution in [3.05, 3.63) is 113 Å². The van der Waals surface area contributed by atoms with Crippen LogP contribution < -0.4 is 9.47 Å². The third-order valence-electron chi connectivity index (χ3n) is 6.76. The number of ether oxygens (including phenoxy) is 2. The topological polar surface area (TPSA) is 54.1 Å². The molecular formula is C31H30ClFN4O2S. The van der Waals surface area contributed by atoms with Gasteiger partial charge in [0.05, 0.1) is 42.7 Å². The fraction of sp³-hybridized carbons (Fsp3) is 0.226. The standard InChI is InChI=1S/C31H30ClFN4O2S/c1-21-19-36(20-35-21)24-10-12-26(13-11-24)39-15-16-40-30-34-18-29(37(30)25-8-6-23(33)7-9-25)31(2,3)22-5-14-27(32)28(17-22)38-4/h5-14,17-20H,15-16H2,1-4H3. The van der Waals surface area contributed by atoms with E-state index in [1.807, 2.05) is 66.3 Å². The quantitative estimate of drug-likeness (QED) is 0.126. The minimum Gasteiger partial charge on any atom is -0.495 e. The molecule has 9 heteroatoms. The van der Waals surface area contributed by atoms with Gasteiger partial charge in [-0.15, -0.1) is 0 Å². The average molecular weight is 577 g/mol. The second-order valence-electron chi connectivity index (χ2n) is 9.83. The summed E-state index contributed by atoms with van der Waals surface area (Å²) in [6, 6.07) is 20.2. The Morgan fingerprint density at radius 2 is 1.70 bits per heavy atom. The number of nitrogens with zero attached hydrogens (tertiary/aromatic N) is 4. The Balaban J connectivity index is 1.34. The number of benzene rings is 3. The smallest absolute Gasteiger partial charge is 0.172 e. The van der Waals surface area contributed by atoms with Crippen molar-refractivity contribution in [2.24, 2.45) is 0 Å². The first-order chi connectivity index (χ1) is 19.3. The van der Waals surface area contributed by atoms with E-state index in [0.29, 0.717) is 23.1 Å². The van der Waals surface area contributed by atoms with Gasteiger partial charge in [-0.1, -0.05) is 43.3 Å². The van der Waals surface area contributed by atoms with Gasteiger partial charge >= 0.3 is 0 Å². The van der Waals surface area contributed by atoms with Crippen LogP contribution in [0.4, 0.5) is 4.39 Å². The number of aryl methyl sites for hydroxylation is 1. The van der Waals surface area contributed by atoms with E-state index >= 15 is 0 Å². The van der Waals surface area contributed by atoms with Crippen molar-refractivity contribution in [3.8, 4) is 22.9 Å². The number of thioether (sulfide) groups is 1. The zero-order chi connectivity index (χ0) is 28.3. The SMILES string of the molecule is COc1cc(C(C)(C)c2cnc(SCCOc3ccc(-n4cnc(C)c4)cc3)n2-c2ccc(F)cc2)ccc1Cl. The molecular weight excluding hydrogens is 547 g/mol. The fourth-order valence-electron chi connectivity index (χ4n) is 4.48. The van der Waals surface area contributed by atoms with Crippen LogP contribution in [0.5, 0.6) is 11.5 Å². The number of hydrogen-bond donors (Lipinski definition) is 0. The Hall–Kier alpha value is -3.75. The molecule has 0 fully saturated rings. The number of rotatable bonds is 10. The predicted octanol–water partition coefficient (Wildman–Crippen LogP) is 7.66. The molecule has 0 radical (unpaired) electrons. The minimum atomic E-state index is -0.454. The molecule has 0 bridgehead atoms. The highest BCUT2D eigenvalue weighted by molar-refractivity contribution is 7.99. The van der Waals surface area contributed by atoms with E-state index < -0.39 is 5.41 Å². The third kappa shape index (κ3) is 5.88. The lowest BCUT2D eigenvalue weighted by molar-refractivity contribution is 0.344. The van der Waals surface area contributed by atoms with Crippen molar-refractivity contribution in [2.75, 3.05) is 19.5 Å².